The van der Waals surface area contributed by atoms with E-state index in [0.29, 0.717) is 16.1 Å². The molecule has 2 saturated carbocycles. The van der Waals surface area contributed by atoms with Gasteiger partial charge in [-0.1, -0.05) is 27.5 Å². The molecule has 1 saturated heterocycles. The molecule has 0 N–H and O–H groups in total. The fourth-order valence-corrected chi connectivity index (χ4v) is 6.24. The Balaban J connectivity index is 1.17. The Bertz CT molecular complexity index is 1130. The molecule has 1 aliphatic heterocycles. The van der Waals surface area contributed by atoms with Crippen LogP contribution in [0.4, 0.5) is 0 Å². The van der Waals surface area contributed by atoms with E-state index in [2.05, 4.69) is 15.9 Å². The number of Topliss-reactive ketones (excluding diaryl/α,β-unsaturated/α-hetero) is 1. The monoisotopic (exact) mass is 532 g/mol. The molecule has 2 bridgehead atoms. The number of ketones is 1. The Morgan fingerprint density at radius 3 is 2.36 bits per heavy atom. The van der Waals surface area contributed by atoms with Gasteiger partial charge in [-0.25, -0.2) is 4.79 Å². The lowest BCUT2D eigenvalue weighted by Gasteiger charge is -2.26. The quantitative estimate of drug-likeness (QED) is 0.241. The van der Waals surface area contributed by atoms with Crippen LogP contribution >= 0.6 is 27.5 Å². The van der Waals surface area contributed by atoms with Gasteiger partial charge in [0.15, 0.2) is 12.4 Å². The first-order valence-electron chi connectivity index (χ1n) is 10.5. The molecule has 2 aliphatic carbocycles. The molecular weight excluding hydrogens is 516 g/mol. The van der Waals surface area contributed by atoms with E-state index in [9.17, 15) is 19.2 Å². The lowest BCUT2D eigenvalue weighted by Crippen LogP contribution is -2.39. The Morgan fingerprint density at radius 2 is 1.67 bits per heavy atom. The van der Waals surface area contributed by atoms with Crippen LogP contribution in [-0.4, -0.2) is 41.2 Å². The highest BCUT2D eigenvalue weighted by Crippen LogP contribution is 2.60. The van der Waals surface area contributed by atoms with Crippen LogP contribution in [0.2, 0.25) is 5.02 Å². The second kappa shape index (κ2) is 8.57. The van der Waals surface area contributed by atoms with Crippen molar-refractivity contribution in [3.8, 4) is 5.75 Å². The molecule has 1 heterocycles. The van der Waals surface area contributed by atoms with Gasteiger partial charge in [0.25, 0.3) is 0 Å². The topological polar surface area (TPSA) is 96.0 Å². The van der Waals surface area contributed by atoms with Gasteiger partial charge < -0.3 is 14.2 Å². The van der Waals surface area contributed by atoms with Crippen LogP contribution in [0, 0.1) is 23.7 Å². The fourth-order valence-electron chi connectivity index (χ4n) is 5.07. The molecule has 0 unspecified atom stereocenters. The van der Waals surface area contributed by atoms with Crippen LogP contribution < -0.4 is 4.74 Å². The summed E-state index contributed by atoms with van der Waals surface area (Å²) in [6.07, 6.45) is 0.562. The number of fused-ring (bicyclic) bond motifs is 1. The lowest BCUT2D eigenvalue weighted by molar-refractivity contribution is -0.154. The number of rotatable bonds is 6. The summed E-state index contributed by atoms with van der Waals surface area (Å²) >= 11 is 9.36. The van der Waals surface area contributed by atoms with Crippen LogP contribution in [0.25, 0.3) is 0 Å². The van der Waals surface area contributed by atoms with Crippen LogP contribution in [0.15, 0.2) is 48.5 Å². The maximum atomic E-state index is 12.7. The average Bonchev–Trinajstić information content (AvgIpc) is 3.42. The number of esters is 3. The molecular formula is C24H18BrClO7. The predicted molar refractivity (Wildman–Crippen MR) is 119 cm³/mol. The van der Waals surface area contributed by atoms with E-state index >= 15 is 0 Å². The van der Waals surface area contributed by atoms with Gasteiger partial charge in [-0.05, 0) is 60.9 Å². The fraction of sp³-hybridized carbons (Fsp3) is 0.333. The van der Waals surface area contributed by atoms with Gasteiger partial charge in [-0.2, -0.15) is 0 Å². The zero-order valence-corrected chi connectivity index (χ0v) is 19.5. The third-order valence-electron chi connectivity index (χ3n) is 6.61. The molecule has 2 aromatic carbocycles. The Labute approximate surface area is 202 Å². The lowest BCUT2D eigenvalue weighted by atomic mass is 9.80. The third kappa shape index (κ3) is 3.95. The zero-order valence-electron chi connectivity index (χ0n) is 17.1. The molecule has 6 atom stereocenters. The standard InChI is InChI=1S/C24H18BrClO7/c25-20-15-9-16-19(24(30)33-21(16)20)18(15)23(29)31-10-17(27)11-3-7-14(8-4-11)32-22(28)12-1-5-13(26)6-2-12/h1-8,15-16,18-21H,9-10H2/t15-,16-,18-,19-,20+,21+/m1/s1. The van der Waals surface area contributed by atoms with Crippen molar-refractivity contribution in [2.24, 2.45) is 23.7 Å². The van der Waals surface area contributed by atoms with E-state index in [1.54, 1.807) is 24.3 Å². The first-order chi connectivity index (χ1) is 15.8. The second-order valence-electron chi connectivity index (χ2n) is 8.41. The van der Waals surface area contributed by atoms with Crippen molar-refractivity contribution in [3.63, 3.8) is 0 Å². The molecule has 33 heavy (non-hydrogen) atoms. The Morgan fingerprint density at radius 1 is 1.00 bits per heavy atom. The van der Waals surface area contributed by atoms with Crippen molar-refractivity contribution < 1.29 is 33.4 Å². The number of alkyl halides is 1. The molecule has 0 amide bonds. The van der Waals surface area contributed by atoms with Crippen LogP contribution in [0.3, 0.4) is 0 Å². The summed E-state index contributed by atoms with van der Waals surface area (Å²) in [5, 5.41) is 0.509. The zero-order chi connectivity index (χ0) is 23.3. The van der Waals surface area contributed by atoms with Crippen molar-refractivity contribution in [2.45, 2.75) is 17.4 Å². The molecule has 3 fully saturated rings. The van der Waals surface area contributed by atoms with Gasteiger partial charge >= 0.3 is 17.9 Å². The van der Waals surface area contributed by atoms with Gasteiger partial charge in [0.1, 0.15) is 11.9 Å². The molecule has 3 aliphatic rings. The number of carbonyl (C=O) groups excluding carboxylic acids is 4. The van der Waals surface area contributed by atoms with Crippen LogP contribution in [-0.2, 0) is 19.1 Å². The minimum Gasteiger partial charge on any atom is -0.461 e. The molecule has 2 aromatic rings. The van der Waals surface area contributed by atoms with E-state index in [-0.39, 0.29) is 34.5 Å². The summed E-state index contributed by atoms with van der Waals surface area (Å²) in [5.41, 5.74) is 0.649. The SMILES string of the molecule is O=C(COC(=O)[C@@H]1[C@H]2C[C@H]3[C@H](OC(=O)[C@H]31)[C@H]2Br)c1ccc(OC(=O)c2ccc(Cl)cc2)cc1. The first-order valence-corrected chi connectivity index (χ1v) is 11.7. The predicted octanol–water partition coefficient (Wildman–Crippen LogP) is 3.86. The Kier molecular flexibility index (Phi) is 5.74. The average molecular weight is 534 g/mol. The van der Waals surface area contributed by atoms with Crippen molar-refractivity contribution >= 4 is 51.2 Å². The first kappa shape index (κ1) is 22.1. The van der Waals surface area contributed by atoms with Crippen molar-refractivity contribution in [1.29, 1.82) is 0 Å². The molecule has 9 heteroatoms. The highest BCUT2D eigenvalue weighted by Gasteiger charge is 2.68. The number of hydrogen-bond acceptors (Lipinski definition) is 7. The van der Waals surface area contributed by atoms with Gasteiger partial charge in [0.2, 0.25) is 0 Å². The molecule has 170 valence electrons. The molecule has 0 aromatic heterocycles. The van der Waals surface area contributed by atoms with Crippen molar-refractivity contribution in [1.82, 2.24) is 0 Å². The van der Waals surface area contributed by atoms with Gasteiger partial charge in [-0.3, -0.25) is 14.4 Å². The summed E-state index contributed by atoms with van der Waals surface area (Å²) < 4.78 is 16.0. The molecule has 5 rings (SSSR count). The molecule has 7 nitrogen and oxygen atoms in total. The minimum absolute atomic E-state index is 0.0308. The second-order valence-corrected chi connectivity index (χ2v) is 9.91. The van der Waals surface area contributed by atoms with Gasteiger partial charge in [0, 0.05) is 16.5 Å². The summed E-state index contributed by atoms with van der Waals surface area (Å²) in [7, 11) is 0. The summed E-state index contributed by atoms with van der Waals surface area (Å²) in [6.45, 7) is -0.436. The van der Waals surface area contributed by atoms with Crippen LogP contribution in [0.1, 0.15) is 27.1 Å². The maximum absolute atomic E-state index is 12.7. The summed E-state index contributed by atoms with van der Waals surface area (Å²) in [4.78, 5) is 49.5. The number of halogens is 2. The number of carbonyl (C=O) groups is 4. The normalized spacial score (nSPS) is 29.0. The number of benzene rings is 2. The van der Waals surface area contributed by atoms with Gasteiger partial charge in [-0.15, -0.1) is 0 Å². The van der Waals surface area contributed by atoms with Crippen molar-refractivity contribution in [2.75, 3.05) is 6.61 Å². The van der Waals surface area contributed by atoms with E-state index in [1.165, 1.54) is 24.3 Å². The molecule has 0 spiro atoms. The van der Waals surface area contributed by atoms with E-state index in [1.807, 2.05) is 0 Å². The highest BCUT2D eigenvalue weighted by atomic mass is 79.9. The summed E-state index contributed by atoms with van der Waals surface area (Å²) in [5.74, 6) is -2.66. The largest absolute Gasteiger partial charge is 0.461 e. The van der Waals surface area contributed by atoms with Crippen LogP contribution in [0.5, 0.6) is 5.75 Å². The maximum Gasteiger partial charge on any atom is 0.343 e. The van der Waals surface area contributed by atoms with Crippen molar-refractivity contribution in [3.05, 3.63) is 64.7 Å². The molecule has 0 radical (unpaired) electrons. The smallest absolute Gasteiger partial charge is 0.343 e. The summed E-state index contributed by atoms with van der Waals surface area (Å²) in [6, 6.07) is 12.2. The number of ether oxygens (including phenoxy) is 3. The minimum atomic E-state index is -0.590. The third-order valence-corrected chi connectivity index (χ3v) is 8.06. The van der Waals surface area contributed by atoms with E-state index < -0.39 is 36.2 Å². The van der Waals surface area contributed by atoms with E-state index in [4.69, 9.17) is 25.8 Å². The number of hydrogen-bond donors (Lipinski definition) is 0. The van der Waals surface area contributed by atoms with E-state index in [0.717, 1.165) is 6.42 Å². The van der Waals surface area contributed by atoms with Gasteiger partial charge in [0.05, 0.1) is 22.2 Å². The Hall–Kier alpha value is -2.71. The highest BCUT2D eigenvalue weighted by molar-refractivity contribution is 9.09.